The molecule has 9 heteroatoms. The highest BCUT2D eigenvalue weighted by atomic mass is 19.4. The van der Waals surface area contributed by atoms with Crippen LogP contribution in [0.15, 0.2) is 51.7 Å². The average molecular weight is 422 g/mol. The maximum Gasteiger partial charge on any atom is 0.453 e. The lowest BCUT2D eigenvalue weighted by Gasteiger charge is -2.14. The Morgan fingerprint density at radius 2 is 1.73 bits per heavy atom. The number of esters is 1. The van der Waals surface area contributed by atoms with Crippen molar-refractivity contribution in [3.8, 4) is 17.2 Å². The van der Waals surface area contributed by atoms with Crippen LogP contribution in [-0.4, -0.2) is 19.2 Å². The van der Waals surface area contributed by atoms with Crippen molar-refractivity contribution in [2.75, 3.05) is 13.2 Å². The SMILES string of the molecule is CCOC(=O)COc1ccc2c(=O)c(Oc3ccc(C)cc3)c(C(F)(F)F)oc2c1. The fraction of sp³-hybridized carbons (Fsp3) is 0.238. The van der Waals surface area contributed by atoms with Crippen molar-refractivity contribution < 1.29 is 36.6 Å². The summed E-state index contributed by atoms with van der Waals surface area (Å²) in [7, 11) is 0. The number of hydrogen-bond donors (Lipinski definition) is 0. The van der Waals surface area contributed by atoms with Crippen LogP contribution in [0, 0.1) is 6.92 Å². The minimum absolute atomic E-state index is 0.0408. The molecule has 6 nitrogen and oxygen atoms in total. The van der Waals surface area contributed by atoms with Crippen molar-refractivity contribution in [1.29, 1.82) is 0 Å². The molecule has 3 aromatic rings. The van der Waals surface area contributed by atoms with Crippen LogP contribution in [0.25, 0.3) is 11.0 Å². The third-order valence-corrected chi connectivity index (χ3v) is 3.98. The van der Waals surface area contributed by atoms with Gasteiger partial charge in [-0.05, 0) is 38.1 Å². The monoisotopic (exact) mass is 422 g/mol. The summed E-state index contributed by atoms with van der Waals surface area (Å²) in [5, 5.41) is -0.131. The normalized spacial score (nSPS) is 11.4. The van der Waals surface area contributed by atoms with Gasteiger partial charge < -0.3 is 18.6 Å². The number of ether oxygens (including phenoxy) is 3. The molecule has 0 amide bonds. The highest BCUT2D eigenvalue weighted by Crippen LogP contribution is 2.38. The van der Waals surface area contributed by atoms with Gasteiger partial charge in [0.25, 0.3) is 5.76 Å². The zero-order chi connectivity index (χ0) is 21.9. The summed E-state index contributed by atoms with van der Waals surface area (Å²) in [6.45, 7) is 3.15. The van der Waals surface area contributed by atoms with Gasteiger partial charge in [-0.1, -0.05) is 17.7 Å². The summed E-state index contributed by atoms with van der Waals surface area (Å²) >= 11 is 0. The maximum atomic E-state index is 13.6. The summed E-state index contributed by atoms with van der Waals surface area (Å²) in [6, 6.07) is 9.85. The van der Waals surface area contributed by atoms with E-state index in [-0.39, 0.29) is 29.1 Å². The van der Waals surface area contributed by atoms with Crippen molar-refractivity contribution in [3.05, 3.63) is 64.0 Å². The van der Waals surface area contributed by atoms with Crippen molar-refractivity contribution >= 4 is 16.9 Å². The lowest BCUT2D eigenvalue weighted by Crippen LogP contribution is -2.16. The van der Waals surface area contributed by atoms with E-state index >= 15 is 0 Å². The van der Waals surface area contributed by atoms with Gasteiger partial charge >= 0.3 is 12.1 Å². The van der Waals surface area contributed by atoms with Gasteiger partial charge in [0.1, 0.15) is 17.1 Å². The molecule has 0 aliphatic rings. The number of halogens is 3. The number of aryl methyl sites for hydroxylation is 1. The molecule has 0 N–H and O–H groups in total. The average Bonchev–Trinajstić information content (AvgIpc) is 2.69. The van der Waals surface area contributed by atoms with E-state index in [1.54, 1.807) is 26.0 Å². The van der Waals surface area contributed by atoms with Gasteiger partial charge in [-0.15, -0.1) is 0 Å². The molecule has 1 aromatic heterocycles. The lowest BCUT2D eigenvalue weighted by atomic mass is 10.2. The second kappa shape index (κ2) is 8.48. The first-order valence-electron chi connectivity index (χ1n) is 8.90. The molecule has 0 saturated heterocycles. The summed E-state index contributed by atoms with van der Waals surface area (Å²) < 4.78 is 60.8. The molecule has 0 unspecified atom stereocenters. The first-order chi connectivity index (χ1) is 14.2. The Balaban J connectivity index is 2.03. The quantitative estimate of drug-likeness (QED) is 0.529. The molecule has 1 heterocycles. The minimum Gasteiger partial charge on any atom is -0.482 e. The number of fused-ring (bicyclic) bond motifs is 1. The first kappa shape index (κ1) is 21.2. The maximum absolute atomic E-state index is 13.6. The Morgan fingerprint density at radius 1 is 1.07 bits per heavy atom. The van der Waals surface area contributed by atoms with Crippen LogP contribution >= 0.6 is 0 Å². The van der Waals surface area contributed by atoms with Crippen LogP contribution in [0.5, 0.6) is 17.2 Å². The van der Waals surface area contributed by atoms with Crippen LogP contribution in [-0.2, 0) is 15.7 Å². The molecule has 0 atom stereocenters. The van der Waals surface area contributed by atoms with Gasteiger partial charge in [0.15, 0.2) is 6.61 Å². The molecule has 0 bridgehead atoms. The van der Waals surface area contributed by atoms with Gasteiger partial charge in [-0.25, -0.2) is 4.79 Å². The number of carbonyl (C=O) groups excluding carboxylic acids is 1. The van der Waals surface area contributed by atoms with E-state index in [0.29, 0.717) is 0 Å². The van der Waals surface area contributed by atoms with Crippen molar-refractivity contribution in [2.24, 2.45) is 0 Å². The lowest BCUT2D eigenvalue weighted by molar-refractivity contribution is -0.154. The summed E-state index contributed by atoms with van der Waals surface area (Å²) in [5.74, 6) is -3.06. The Bertz CT molecular complexity index is 1120. The molecule has 158 valence electrons. The topological polar surface area (TPSA) is 75.0 Å². The molecule has 2 aromatic carbocycles. The van der Waals surface area contributed by atoms with E-state index in [9.17, 15) is 22.8 Å². The Kier molecular flexibility index (Phi) is 6.00. The molecule has 0 aliphatic heterocycles. The van der Waals surface area contributed by atoms with Gasteiger partial charge in [0.2, 0.25) is 11.2 Å². The smallest absolute Gasteiger partial charge is 0.453 e. The van der Waals surface area contributed by atoms with Crippen molar-refractivity contribution in [3.63, 3.8) is 0 Å². The molecule has 3 rings (SSSR count). The van der Waals surface area contributed by atoms with E-state index < -0.39 is 35.7 Å². The summed E-state index contributed by atoms with van der Waals surface area (Å²) in [5.41, 5.74) is -0.467. The van der Waals surface area contributed by atoms with Crippen LogP contribution in [0.3, 0.4) is 0 Å². The third kappa shape index (κ3) is 4.73. The number of alkyl halides is 3. The molecule has 30 heavy (non-hydrogen) atoms. The second-order valence-electron chi connectivity index (χ2n) is 6.25. The molecule has 0 radical (unpaired) electrons. The minimum atomic E-state index is -4.98. The molecule has 0 fully saturated rings. The van der Waals surface area contributed by atoms with Gasteiger partial charge in [-0.3, -0.25) is 4.79 Å². The van der Waals surface area contributed by atoms with Crippen LogP contribution in [0.2, 0.25) is 0 Å². The van der Waals surface area contributed by atoms with Crippen molar-refractivity contribution in [1.82, 2.24) is 0 Å². The van der Waals surface area contributed by atoms with Crippen LogP contribution in [0.4, 0.5) is 13.2 Å². The zero-order valence-electron chi connectivity index (χ0n) is 16.0. The summed E-state index contributed by atoms with van der Waals surface area (Å²) in [4.78, 5) is 24.1. The fourth-order valence-electron chi connectivity index (χ4n) is 2.59. The zero-order valence-corrected chi connectivity index (χ0v) is 16.0. The Hall–Kier alpha value is -3.49. The number of hydrogen-bond acceptors (Lipinski definition) is 6. The van der Waals surface area contributed by atoms with E-state index in [1.807, 2.05) is 0 Å². The van der Waals surface area contributed by atoms with Crippen LogP contribution < -0.4 is 14.9 Å². The standard InChI is InChI=1S/C21H17F3O6/c1-3-27-17(25)11-28-14-8-9-15-16(10-14)30-20(21(22,23)24)19(18(15)26)29-13-6-4-12(2)5-7-13/h4-10H,3,11H2,1-2H3. The second-order valence-corrected chi connectivity index (χ2v) is 6.25. The fourth-order valence-corrected chi connectivity index (χ4v) is 2.59. The van der Waals surface area contributed by atoms with E-state index in [1.165, 1.54) is 24.3 Å². The Morgan fingerprint density at radius 3 is 2.37 bits per heavy atom. The summed E-state index contributed by atoms with van der Waals surface area (Å²) in [6.07, 6.45) is -4.98. The predicted molar refractivity (Wildman–Crippen MR) is 101 cm³/mol. The van der Waals surface area contributed by atoms with Crippen molar-refractivity contribution in [2.45, 2.75) is 20.0 Å². The highest BCUT2D eigenvalue weighted by Gasteiger charge is 2.40. The molecular formula is C21H17F3O6. The highest BCUT2D eigenvalue weighted by molar-refractivity contribution is 5.80. The number of benzene rings is 2. The third-order valence-electron chi connectivity index (χ3n) is 3.98. The van der Waals surface area contributed by atoms with Crippen LogP contribution in [0.1, 0.15) is 18.2 Å². The Labute approximate surface area is 168 Å². The molecule has 0 saturated carbocycles. The van der Waals surface area contributed by atoms with Gasteiger partial charge in [0.05, 0.1) is 12.0 Å². The van der Waals surface area contributed by atoms with Gasteiger partial charge in [-0.2, -0.15) is 13.2 Å². The van der Waals surface area contributed by atoms with Gasteiger partial charge in [0, 0.05) is 6.07 Å². The van der Waals surface area contributed by atoms with E-state index in [0.717, 1.165) is 11.6 Å². The molecule has 0 spiro atoms. The number of carbonyl (C=O) groups is 1. The molecular weight excluding hydrogens is 405 g/mol. The van der Waals surface area contributed by atoms with E-state index in [2.05, 4.69) is 0 Å². The largest absolute Gasteiger partial charge is 0.482 e. The molecule has 0 aliphatic carbocycles. The predicted octanol–water partition coefficient (Wildman–Crippen LogP) is 4.85. The first-order valence-corrected chi connectivity index (χ1v) is 8.90. The number of rotatable bonds is 6. The van der Waals surface area contributed by atoms with E-state index in [4.69, 9.17) is 18.6 Å².